The van der Waals surface area contributed by atoms with Gasteiger partial charge in [0.1, 0.15) is 0 Å². The summed E-state index contributed by atoms with van der Waals surface area (Å²) in [5, 5.41) is 0. The van der Waals surface area contributed by atoms with Crippen LogP contribution in [0.25, 0.3) is 0 Å². The Morgan fingerprint density at radius 1 is 1.31 bits per heavy atom. The van der Waals surface area contributed by atoms with Gasteiger partial charge in [0.05, 0.1) is 43.6 Å². The molecule has 0 saturated carbocycles. The predicted molar refractivity (Wildman–Crippen MR) is 86.9 cm³/mol. The van der Waals surface area contributed by atoms with Gasteiger partial charge in [0.25, 0.3) is 5.91 Å². The lowest BCUT2D eigenvalue weighted by molar-refractivity contribution is -0.137. The van der Waals surface area contributed by atoms with Crippen LogP contribution in [0.1, 0.15) is 29.3 Å². The first kappa shape index (κ1) is 19.1. The highest BCUT2D eigenvalue weighted by Gasteiger charge is 2.49. The van der Waals surface area contributed by atoms with E-state index >= 15 is 0 Å². The van der Waals surface area contributed by atoms with Gasteiger partial charge in [-0.25, -0.2) is 0 Å². The smallest absolute Gasteiger partial charge is 0.379 e. The fraction of sp³-hybridized carbons (Fsp3) is 0.611. The topological polar surface area (TPSA) is 48.0 Å². The molecule has 26 heavy (non-hydrogen) atoms. The van der Waals surface area contributed by atoms with E-state index in [2.05, 4.69) is 0 Å². The van der Waals surface area contributed by atoms with Crippen molar-refractivity contribution >= 4 is 5.91 Å². The van der Waals surface area contributed by atoms with Crippen LogP contribution >= 0.6 is 0 Å². The molecule has 1 aromatic carbocycles. The highest BCUT2D eigenvalue weighted by Crippen LogP contribution is 2.35. The summed E-state index contributed by atoms with van der Waals surface area (Å²) in [7, 11) is 0. The molecule has 2 fully saturated rings. The molecule has 144 valence electrons. The molecule has 0 N–H and O–H groups in total. The minimum Gasteiger partial charge on any atom is -0.379 e. The van der Waals surface area contributed by atoms with E-state index < -0.39 is 17.3 Å². The van der Waals surface area contributed by atoms with Gasteiger partial charge in [-0.05, 0) is 31.2 Å². The number of rotatable bonds is 4. The number of carbonyl (C=O) groups is 1. The van der Waals surface area contributed by atoms with Gasteiger partial charge in [0.15, 0.2) is 0 Å². The van der Waals surface area contributed by atoms with Gasteiger partial charge in [0.2, 0.25) is 0 Å². The average molecular weight is 373 g/mol. The molecular formula is C18H22F3NO4. The second kappa shape index (κ2) is 7.54. The summed E-state index contributed by atoms with van der Waals surface area (Å²) in [6.07, 6.45) is -3.97. The minimum absolute atomic E-state index is 0.125. The number of nitrogens with zero attached hydrogens (tertiary/aromatic N) is 1. The molecule has 2 aliphatic heterocycles. The highest BCUT2D eigenvalue weighted by atomic mass is 19.4. The van der Waals surface area contributed by atoms with Crippen molar-refractivity contribution < 1.29 is 32.2 Å². The predicted octanol–water partition coefficient (Wildman–Crippen LogP) is 2.74. The van der Waals surface area contributed by atoms with E-state index in [0.29, 0.717) is 46.0 Å². The van der Waals surface area contributed by atoms with E-state index in [1.807, 2.05) is 6.92 Å². The van der Waals surface area contributed by atoms with Crippen molar-refractivity contribution in [3.8, 4) is 0 Å². The van der Waals surface area contributed by atoms with Crippen LogP contribution in [0.3, 0.4) is 0 Å². The third kappa shape index (κ3) is 3.87. The quantitative estimate of drug-likeness (QED) is 0.814. The van der Waals surface area contributed by atoms with Crippen LogP contribution in [0.15, 0.2) is 24.3 Å². The van der Waals surface area contributed by atoms with E-state index in [1.54, 1.807) is 4.90 Å². The summed E-state index contributed by atoms with van der Waals surface area (Å²) in [4.78, 5) is 14.6. The third-order valence-electron chi connectivity index (χ3n) is 4.81. The largest absolute Gasteiger partial charge is 0.416 e. The maximum absolute atomic E-state index is 12.9. The molecule has 0 aromatic heterocycles. The van der Waals surface area contributed by atoms with Gasteiger partial charge in [-0.1, -0.05) is 0 Å². The van der Waals surface area contributed by atoms with Crippen LogP contribution in [-0.2, 0) is 20.4 Å². The van der Waals surface area contributed by atoms with Crippen LogP contribution in [0, 0.1) is 0 Å². The Labute approximate surface area is 150 Å². The third-order valence-corrected chi connectivity index (χ3v) is 4.81. The molecule has 1 amide bonds. The molecule has 2 heterocycles. The lowest BCUT2D eigenvalue weighted by atomic mass is 9.92. The average Bonchev–Trinajstić information content (AvgIpc) is 3.02. The van der Waals surface area contributed by atoms with Gasteiger partial charge >= 0.3 is 6.18 Å². The first-order valence-electron chi connectivity index (χ1n) is 8.62. The zero-order valence-corrected chi connectivity index (χ0v) is 14.6. The second-order valence-corrected chi connectivity index (χ2v) is 6.61. The summed E-state index contributed by atoms with van der Waals surface area (Å²) in [5.74, 6) is -0.303. The van der Waals surface area contributed by atoms with Crippen molar-refractivity contribution in [3.05, 3.63) is 35.4 Å². The normalized spacial score (nSPS) is 26.5. The monoisotopic (exact) mass is 373 g/mol. The number of benzene rings is 1. The number of halogens is 3. The molecule has 3 rings (SSSR count). The van der Waals surface area contributed by atoms with Crippen LogP contribution in [0.2, 0.25) is 0 Å². The Morgan fingerprint density at radius 3 is 2.69 bits per heavy atom. The van der Waals surface area contributed by atoms with Crippen LogP contribution in [0.5, 0.6) is 0 Å². The van der Waals surface area contributed by atoms with Crippen molar-refractivity contribution in [1.82, 2.24) is 4.90 Å². The zero-order valence-electron chi connectivity index (χ0n) is 14.6. The maximum atomic E-state index is 12.9. The standard InChI is InChI=1S/C18H22F3NO4/c1-2-24-10-15-9-17(12-26-15)11-25-8-7-22(17)16(23)13-3-5-14(6-4-13)18(19,20)21/h3-6,15H,2,7-12H2,1H3/t15-,17-/m0/s1. The lowest BCUT2D eigenvalue weighted by Crippen LogP contribution is -2.59. The number of carbonyl (C=O) groups excluding carboxylic acids is 1. The Bertz CT molecular complexity index is 634. The Morgan fingerprint density at radius 2 is 2.04 bits per heavy atom. The Kier molecular flexibility index (Phi) is 5.55. The number of ether oxygens (including phenoxy) is 3. The minimum atomic E-state index is -4.42. The fourth-order valence-electron chi connectivity index (χ4n) is 3.47. The van der Waals surface area contributed by atoms with E-state index in [-0.39, 0.29) is 17.6 Å². The number of alkyl halides is 3. The van der Waals surface area contributed by atoms with E-state index in [1.165, 1.54) is 12.1 Å². The number of amides is 1. The number of hydrogen-bond donors (Lipinski definition) is 0. The SMILES string of the molecule is CCOC[C@@H]1C[C@]2(COCCN2C(=O)c2ccc(C(F)(F)F)cc2)CO1. The number of morpholine rings is 1. The van der Waals surface area contributed by atoms with E-state index in [9.17, 15) is 18.0 Å². The lowest BCUT2D eigenvalue weighted by Gasteiger charge is -2.43. The van der Waals surface area contributed by atoms with E-state index in [4.69, 9.17) is 14.2 Å². The Hall–Kier alpha value is -1.64. The van der Waals surface area contributed by atoms with Gasteiger partial charge in [-0.2, -0.15) is 13.2 Å². The van der Waals surface area contributed by atoms with E-state index in [0.717, 1.165) is 12.1 Å². The molecule has 0 bridgehead atoms. The zero-order chi connectivity index (χ0) is 18.8. The molecule has 1 spiro atoms. The molecule has 1 aromatic rings. The van der Waals surface area contributed by atoms with Crippen molar-refractivity contribution in [2.45, 2.75) is 31.2 Å². The van der Waals surface area contributed by atoms with Crippen molar-refractivity contribution in [1.29, 1.82) is 0 Å². The summed E-state index contributed by atoms with van der Waals surface area (Å²) < 4.78 is 54.9. The van der Waals surface area contributed by atoms with Crippen molar-refractivity contribution in [3.63, 3.8) is 0 Å². The van der Waals surface area contributed by atoms with Crippen LogP contribution in [0.4, 0.5) is 13.2 Å². The highest BCUT2D eigenvalue weighted by molar-refractivity contribution is 5.95. The summed E-state index contributed by atoms with van der Waals surface area (Å²) in [5.41, 5.74) is -1.14. The molecular weight excluding hydrogens is 351 g/mol. The summed E-state index contributed by atoms with van der Waals surface area (Å²) in [6, 6.07) is 4.32. The van der Waals surface area contributed by atoms with Crippen molar-refractivity contribution in [2.24, 2.45) is 0 Å². The second-order valence-electron chi connectivity index (χ2n) is 6.61. The molecule has 2 aliphatic rings. The number of hydrogen-bond acceptors (Lipinski definition) is 4. The molecule has 2 atom stereocenters. The van der Waals surface area contributed by atoms with Gasteiger partial charge in [0, 0.05) is 25.1 Å². The molecule has 2 saturated heterocycles. The van der Waals surface area contributed by atoms with Gasteiger partial charge in [-0.15, -0.1) is 0 Å². The summed E-state index contributed by atoms with van der Waals surface area (Å²) in [6.45, 7) is 4.38. The fourth-order valence-corrected chi connectivity index (χ4v) is 3.47. The molecule has 5 nitrogen and oxygen atoms in total. The van der Waals surface area contributed by atoms with Crippen LogP contribution < -0.4 is 0 Å². The molecule has 8 heteroatoms. The Balaban J connectivity index is 1.76. The summed E-state index contributed by atoms with van der Waals surface area (Å²) >= 11 is 0. The van der Waals surface area contributed by atoms with Crippen molar-refractivity contribution in [2.75, 3.05) is 39.6 Å². The first-order chi connectivity index (χ1) is 12.4. The maximum Gasteiger partial charge on any atom is 0.416 e. The van der Waals surface area contributed by atoms with Crippen LogP contribution in [-0.4, -0.2) is 62.0 Å². The van der Waals surface area contributed by atoms with Gasteiger partial charge < -0.3 is 19.1 Å². The molecule has 0 radical (unpaired) electrons. The molecule has 0 aliphatic carbocycles. The first-order valence-corrected chi connectivity index (χ1v) is 8.62. The molecule has 0 unspecified atom stereocenters. The van der Waals surface area contributed by atoms with Gasteiger partial charge in [-0.3, -0.25) is 4.79 Å².